The number of carbonyl (C=O) groups is 2. The Hall–Kier alpha value is -2.54. The molecule has 33 heavy (non-hydrogen) atoms. The summed E-state index contributed by atoms with van der Waals surface area (Å²) in [6.07, 6.45) is 0.702. The number of likely N-dealkylation sites (tertiary alicyclic amines) is 1. The maximum Gasteiger partial charge on any atom is 0.295 e. The topological polar surface area (TPSA) is 70.1 Å². The molecular weight excluding hydrogens is 463 g/mol. The smallest absolute Gasteiger partial charge is 0.295 e. The van der Waals surface area contributed by atoms with Crippen molar-refractivity contribution in [3.63, 3.8) is 0 Å². The lowest BCUT2D eigenvalue weighted by molar-refractivity contribution is -0.140. The number of carbonyl (C=O) groups excluding carboxylic acids is 2. The molecule has 0 radical (unpaired) electrons. The fourth-order valence-corrected chi connectivity index (χ4v) is 4.46. The molecule has 1 N–H and O–H groups in total. The fourth-order valence-electron chi connectivity index (χ4n) is 4.08. The lowest BCUT2D eigenvalue weighted by atomic mass is 9.95. The van der Waals surface area contributed by atoms with Crippen LogP contribution in [-0.2, 0) is 9.59 Å². The normalized spacial score (nSPS) is 17.8. The predicted molar refractivity (Wildman–Crippen MR) is 131 cm³/mol. The molecule has 0 aromatic heterocycles. The molecule has 2 aromatic carbocycles. The van der Waals surface area contributed by atoms with E-state index in [0.29, 0.717) is 34.9 Å². The number of methoxy groups -OCH3 is 1. The summed E-state index contributed by atoms with van der Waals surface area (Å²) in [6.45, 7) is 7.18. The highest BCUT2D eigenvalue weighted by Crippen LogP contribution is 2.40. The van der Waals surface area contributed by atoms with Gasteiger partial charge in [0.1, 0.15) is 11.5 Å². The van der Waals surface area contributed by atoms with Crippen LogP contribution in [0.3, 0.4) is 0 Å². The minimum atomic E-state index is -0.722. The summed E-state index contributed by atoms with van der Waals surface area (Å²) in [6, 6.07) is 11.0. The Morgan fingerprint density at radius 1 is 1.09 bits per heavy atom. The van der Waals surface area contributed by atoms with Crippen LogP contribution in [0.5, 0.6) is 5.75 Å². The van der Waals surface area contributed by atoms with Gasteiger partial charge in [0.2, 0.25) is 0 Å². The van der Waals surface area contributed by atoms with Gasteiger partial charge in [0, 0.05) is 17.1 Å². The molecule has 6 nitrogen and oxygen atoms in total. The van der Waals surface area contributed by atoms with Gasteiger partial charge in [0.05, 0.1) is 23.7 Å². The molecule has 0 saturated carbocycles. The summed E-state index contributed by atoms with van der Waals surface area (Å²) in [5.74, 6) is -1.18. The van der Waals surface area contributed by atoms with E-state index >= 15 is 0 Å². The van der Waals surface area contributed by atoms with Crippen LogP contribution in [0.1, 0.15) is 37.4 Å². The van der Waals surface area contributed by atoms with Crippen molar-refractivity contribution in [2.24, 2.45) is 0 Å². The number of aliphatic hydroxyl groups excluding tert-OH is 1. The maximum absolute atomic E-state index is 13.1. The van der Waals surface area contributed by atoms with E-state index in [2.05, 4.69) is 18.7 Å². The van der Waals surface area contributed by atoms with Crippen LogP contribution < -0.4 is 4.74 Å². The number of halogens is 2. The number of hydrogen-bond acceptors (Lipinski definition) is 5. The minimum Gasteiger partial charge on any atom is -0.507 e. The maximum atomic E-state index is 13.1. The lowest BCUT2D eigenvalue weighted by Gasteiger charge is -2.27. The molecule has 1 heterocycles. The van der Waals surface area contributed by atoms with Gasteiger partial charge in [-0.3, -0.25) is 9.59 Å². The van der Waals surface area contributed by atoms with E-state index in [0.717, 1.165) is 19.6 Å². The Balaban J connectivity index is 2.04. The molecule has 1 aliphatic heterocycles. The molecule has 2 aromatic rings. The third-order valence-corrected chi connectivity index (χ3v) is 6.47. The molecule has 176 valence electrons. The van der Waals surface area contributed by atoms with Crippen LogP contribution in [-0.4, -0.2) is 59.9 Å². The summed E-state index contributed by atoms with van der Waals surface area (Å²) in [7, 11) is 1.49. The number of ether oxygens (including phenoxy) is 1. The Morgan fingerprint density at radius 3 is 2.33 bits per heavy atom. The molecule has 8 heteroatoms. The van der Waals surface area contributed by atoms with Crippen molar-refractivity contribution in [2.75, 3.05) is 33.3 Å². The van der Waals surface area contributed by atoms with E-state index in [-0.39, 0.29) is 16.4 Å². The van der Waals surface area contributed by atoms with Gasteiger partial charge in [-0.2, -0.15) is 0 Å². The third kappa shape index (κ3) is 5.35. The highest BCUT2D eigenvalue weighted by molar-refractivity contribution is 6.46. The van der Waals surface area contributed by atoms with E-state index in [9.17, 15) is 14.7 Å². The first-order valence-corrected chi connectivity index (χ1v) is 11.7. The number of aliphatic hydroxyl groups is 1. The van der Waals surface area contributed by atoms with Crippen LogP contribution >= 0.6 is 23.2 Å². The number of nitrogens with zero attached hydrogens (tertiary/aromatic N) is 2. The molecule has 1 unspecified atom stereocenters. The van der Waals surface area contributed by atoms with Crippen LogP contribution in [0.15, 0.2) is 48.0 Å². The number of ketones is 1. The second-order valence-electron chi connectivity index (χ2n) is 7.77. The Bertz CT molecular complexity index is 1050. The molecule has 3 rings (SSSR count). The first-order chi connectivity index (χ1) is 15.8. The van der Waals surface area contributed by atoms with Crippen molar-refractivity contribution in [1.29, 1.82) is 0 Å². The number of Topliss-reactive ketones (excluding diaryl/α,β-unsaturated/α-hetero) is 1. The molecule has 1 aliphatic rings. The van der Waals surface area contributed by atoms with Crippen molar-refractivity contribution in [3.8, 4) is 5.75 Å². The summed E-state index contributed by atoms with van der Waals surface area (Å²) in [5.41, 5.74) is 1.06. The van der Waals surface area contributed by atoms with E-state index in [1.165, 1.54) is 18.1 Å². The van der Waals surface area contributed by atoms with Gasteiger partial charge in [-0.25, -0.2) is 0 Å². The first kappa shape index (κ1) is 25.1. The van der Waals surface area contributed by atoms with Gasteiger partial charge in [0.25, 0.3) is 11.7 Å². The fraction of sp³-hybridized carbons (Fsp3) is 0.360. The molecule has 0 spiro atoms. The largest absolute Gasteiger partial charge is 0.507 e. The first-order valence-electron chi connectivity index (χ1n) is 10.9. The van der Waals surface area contributed by atoms with Crippen LogP contribution in [0.25, 0.3) is 5.76 Å². The van der Waals surface area contributed by atoms with E-state index in [4.69, 9.17) is 27.9 Å². The van der Waals surface area contributed by atoms with Crippen molar-refractivity contribution < 1.29 is 19.4 Å². The van der Waals surface area contributed by atoms with Crippen molar-refractivity contribution in [2.45, 2.75) is 26.3 Å². The molecule has 0 aliphatic carbocycles. The highest BCUT2D eigenvalue weighted by Gasteiger charge is 2.45. The molecule has 1 saturated heterocycles. The molecule has 1 amide bonds. The van der Waals surface area contributed by atoms with Gasteiger partial charge >= 0.3 is 0 Å². The predicted octanol–water partition coefficient (Wildman–Crippen LogP) is 5.16. The van der Waals surface area contributed by atoms with Gasteiger partial charge in [-0.05, 0) is 62.0 Å². The summed E-state index contributed by atoms with van der Waals surface area (Å²) >= 11 is 12.3. The van der Waals surface area contributed by atoms with Gasteiger partial charge in [-0.15, -0.1) is 0 Å². The summed E-state index contributed by atoms with van der Waals surface area (Å²) in [4.78, 5) is 29.9. The van der Waals surface area contributed by atoms with Crippen LogP contribution in [0.4, 0.5) is 0 Å². The quantitative estimate of drug-likeness (QED) is 0.298. The van der Waals surface area contributed by atoms with Crippen LogP contribution in [0, 0.1) is 0 Å². The monoisotopic (exact) mass is 490 g/mol. The Kier molecular flexibility index (Phi) is 8.40. The average Bonchev–Trinajstić information content (AvgIpc) is 3.06. The summed E-state index contributed by atoms with van der Waals surface area (Å²) < 4.78 is 5.17. The van der Waals surface area contributed by atoms with Crippen LogP contribution in [0.2, 0.25) is 10.0 Å². The zero-order valence-electron chi connectivity index (χ0n) is 19.0. The minimum absolute atomic E-state index is 0.0337. The van der Waals surface area contributed by atoms with E-state index in [1.807, 2.05) is 0 Å². The molecule has 1 atom stereocenters. The van der Waals surface area contributed by atoms with E-state index < -0.39 is 17.7 Å². The molecule has 0 bridgehead atoms. The molecular formula is C25H28Cl2N2O4. The lowest BCUT2D eigenvalue weighted by Crippen LogP contribution is -2.33. The third-order valence-electron chi connectivity index (χ3n) is 5.92. The van der Waals surface area contributed by atoms with Crippen molar-refractivity contribution in [3.05, 3.63) is 69.2 Å². The number of hydrogen-bond donors (Lipinski definition) is 1. The second kappa shape index (κ2) is 11.1. The Morgan fingerprint density at radius 2 is 1.76 bits per heavy atom. The van der Waals surface area contributed by atoms with Gasteiger partial charge in [0.15, 0.2) is 0 Å². The van der Waals surface area contributed by atoms with Crippen molar-refractivity contribution >= 4 is 40.7 Å². The molecule has 1 fully saturated rings. The standard InChI is InChI=1S/C25H28Cl2N2O4/c1-4-28(5-2)13-6-14-29-22(16-7-10-18(26)11-8-16)21(24(31)25(29)32)23(30)17-9-12-20(33-3)19(27)15-17/h7-12,15,22,30H,4-6,13-14H2,1-3H3. The van der Waals surface area contributed by atoms with E-state index in [1.54, 1.807) is 36.4 Å². The second-order valence-corrected chi connectivity index (χ2v) is 8.62. The number of rotatable bonds is 9. The SMILES string of the molecule is CCN(CC)CCCN1C(=O)C(=O)C(=C(O)c2ccc(OC)c(Cl)c2)C1c1ccc(Cl)cc1. The average molecular weight is 491 g/mol. The number of amides is 1. The van der Waals surface area contributed by atoms with Gasteiger partial charge in [-0.1, -0.05) is 49.2 Å². The zero-order chi connectivity index (χ0) is 24.1. The Labute approximate surface area is 204 Å². The zero-order valence-corrected chi connectivity index (χ0v) is 20.5. The van der Waals surface area contributed by atoms with Crippen molar-refractivity contribution in [1.82, 2.24) is 9.80 Å². The van der Waals surface area contributed by atoms with Gasteiger partial charge < -0.3 is 19.6 Å². The highest BCUT2D eigenvalue weighted by atomic mass is 35.5. The summed E-state index contributed by atoms with van der Waals surface area (Å²) in [5, 5.41) is 12.0. The number of benzene rings is 2.